The average molecular weight is 649 g/mol. The molecule has 1 unspecified atom stereocenters. The van der Waals surface area contributed by atoms with Crippen molar-refractivity contribution < 1.29 is 28.6 Å². The first-order valence-electron chi connectivity index (χ1n) is 11.7. The lowest BCUT2D eigenvalue weighted by atomic mass is 9.99. The number of ketones is 1. The van der Waals surface area contributed by atoms with E-state index in [4.69, 9.17) is 9.84 Å². The topological polar surface area (TPSA) is 108 Å². The summed E-state index contributed by atoms with van der Waals surface area (Å²) in [7, 11) is 0. The number of Topliss-reactive ketones (excluding diaryl/α,β-unsaturated/α-hetero) is 1. The monoisotopic (exact) mass is 647 g/mol. The number of hydrogen-bond donors (Lipinski definition) is 3. The van der Waals surface area contributed by atoms with Crippen molar-refractivity contribution in [1.82, 2.24) is 4.90 Å². The van der Waals surface area contributed by atoms with E-state index in [1.165, 1.54) is 29.2 Å². The molecule has 1 atom stereocenters. The number of halogens is 3. The van der Waals surface area contributed by atoms with Crippen LogP contribution in [-0.4, -0.2) is 46.9 Å². The average Bonchev–Trinajstić information content (AvgIpc) is 3.27. The number of carboxylic acid groups (broad SMARTS) is 1. The molecule has 1 aliphatic rings. The van der Waals surface area contributed by atoms with Gasteiger partial charge < -0.3 is 20.5 Å². The van der Waals surface area contributed by atoms with Gasteiger partial charge in [0.1, 0.15) is 12.5 Å². The quantitative estimate of drug-likeness (QED) is 0.230. The summed E-state index contributed by atoms with van der Waals surface area (Å²) in [6.07, 6.45) is 0.425. The van der Waals surface area contributed by atoms with E-state index in [1.807, 2.05) is 12.1 Å². The molecular weight excluding hydrogens is 625 g/mol. The number of aromatic carboxylic acids is 1. The molecule has 0 spiro atoms. The van der Waals surface area contributed by atoms with Crippen LogP contribution in [0.3, 0.4) is 0 Å². The second-order valence-electron chi connectivity index (χ2n) is 8.70. The van der Waals surface area contributed by atoms with Crippen LogP contribution < -0.4 is 15.4 Å². The van der Waals surface area contributed by atoms with Crippen LogP contribution in [0.2, 0.25) is 0 Å². The van der Waals surface area contributed by atoms with E-state index in [-0.39, 0.29) is 25.1 Å². The fourth-order valence-corrected chi connectivity index (χ4v) is 5.01. The number of para-hydroxylation sites is 1. The molecular formula is C27H24Br2FN3O5. The van der Waals surface area contributed by atoms with E-state index in [0.717, 1.165) is 4.47 Å². The van der Waals surface area contributed by atoms with E-state index in [2.05, 4.69) is 42.5 Å². The predicted molar refractivity (Wildman–Crippen MR) is 148 cm³/mol. The van der Waals surface area contributed by atoms with Crippen LogP contribution in [0, 0.1) is 0 Å². The highest BCUT2D eigenvalue weighted by Crippen LogP contribution is 2.34. The number of carboxylic acids is 1. The number of benzene rings is 3. The van der Waals surface area contributed by atoms with Crippen LogP contribution in [0.4, 0.5) is 20.6 Å². The standard InChI is InChI=1S/C27H24Br2FN3O5/c28-20-4-1-2-5-22(20)31-26(37)32-23-11-6-17(14-21(23)29)15-24(34)27(30)12-3-13-33(27)16-38-19-9-7-18(8-10-19)25(35)36/h1-2,4-11,14H,3,12-13,15-16H2,(H,35,36)(H2,31,32,37). The van der Waals surface area contributed by atoms with Gasteiger partial charge in [0.05, 0.1) is 16.9 Å². The number of amides is 2. The number of ether oxygens (including phenoxy) is 1. The highest BCUT2D eigenvalue weighted by atomic mass is 79.9. The van der Waals surface area contributed by atoms with Gasteiger partial charge in [0.25, 0.3) is 0 Å². The Balaban J connectivity index is 1.35. The number of hydrogen-bond acceptors (Lipinski definition) is 5. The summed E-state index contributed by atoms with van der Waals surface area (Å²) in [5.74, 6) is -3.43. The Hall–Kier alpha value is -3.28. The maximum atomic E-state index is 15.9. The van der Waals surface area contributed by atoms with Gasteiger partial charge in [-0.3, -0.25) is 4.79 Å². The highest BCUT2D eigenvalue weighted by molar-refractivity contribution is 9.11. The third-order valence-corrected chi connectivity index (χ3v) is 7.47. The summed E-state index contributed by atoms with van der Waals surface area (Å²) in [6.45, 7) is 0.211. The number of rotatable bonds is 9. The van der Waals surface area contributed by atoms with E-state index >= 15 is 4.39 Å². The summed E-state index contributed by atoms with van der Waals surface area (Å²) in [5, 5.41) is 14.5. The molecule has 3 aromatic carbocycles. The molecule has 3 aromatic rings. The SMILES string of the molecule is O=C(Nc1ccccc1Br)Nc1ccc(CC(=O)C2(F)CCCN2COc2ccc(C(=O)O)cc2)cc1Br. The van der Waals surface area contributed by atoms with E-state index < -0.39 is 23.6 Å². The third kappa shape index (κ3) is 6.58. The lowest BCUT2D eigenvalue weighted by Crippen LogP contribution is -2.49. The third-order valence-electron chi connectivity index (χ3n) is 6.12. The second kappa shape index (κ2) is 12.1. The Bertz CT molecular complexity index is 1350. The fourth-order valence-electron chi connectivity index (χ4n) is 4.10. The summed E-state index contributed by atoms with van der Waals surface area (Å²) < 4.78 is 22.8. The lowest BCUT2D eigenvalue weighted by Gasteiger charge is -2.29. The molecule has 38 heavy (non-hydrogen) atoms. The first-order chi connectivity index (χ1) is 18.2. The molecule has 198 valence electrons. The Morgan fingerprint density at radius 3 is 2.32 bits per heavy atom. The Labute approximate surface area is 235 Å². The molecule has 0 radical (unpaired) electrons. The van der Waals surface area contributed by atoms with Crippen LogP contribution in [0.25, 0.3) is 0 Å². The lowest BCUT2D eigenvalue weighted by molar-refractivity contribution is -0.144. The van der Waals surface area contributed by atoms with Crippen molar-refractivity contribution in [3.8, 4) is 5.75 Å². The van der Waals surface area contributed by atoms with Crippen LogP contribution >= 0.6 is 31.9 Å². The molecule has 0 aliphatic carbocycles. The van der Waals surface area contributed by atoms with E-state index in [1.54, 1.807) is 30.3 Å². The molecule has 0 saturated carbocycles. The molecule has 4 rings (SSSR count). The van der Waals surface area contributed by atoms with Crippen LogP contribution in [0.15, 0.2) is 75.7 Å². The second-order valence-corrected chi connectivity index (χ2v) is 10.4. The van der Waals surface area contributed by atoms with Crippen molar-refractivity contribution in [2.75, 3.05) is 23.9 Å². The van der Waals surface area contributed by atoms with Gasteiger partial charge in [0.15, 0.2) is 5.78 Å². The molecule has 8 nitrogen and oxygen atoms in total. The Morgan fingerprint density at radius 1 is 0.974 bits per heavy atom. The van der Waals surface area contributed by atoms with Crippen LogP contribution in [0.1, 0.15) is 28.8 Å². The van der Waals surface area contributed by atoms with Crippen LogP contribution in [-0.2, 0) is 11.2 Å². The van der Waals surface area contributed by atoms with Crippen LogP contribution in [0.5, 0.6) is 5.75 Å². The minimum Gasteiger partial charge on any atom is -0.478 e. The maximum Gasteiger partial charge on any atom is 0.335 e. The zero-order valence-electron chi connectivity index (χ0n) is 20.0. The summed E-state index contributed by atoms with van der Waals surface area (Å²) in [4.78, 5) is 37.8. The molecule has 0 bridgehead atoms. The van der Waals surface area contributed by atoms with Crippen molar-refractivity contribution in [3.63, 3.8) is 0 Å². The maximum absolute atomic E-state index is 15.9. The number of nitrogens with one attached hydrogen (secondary N) is 2. The Kier molecular flexibility index (Phi) is 8.80. The molecule has 3 N–H and O–H groups in total. The Morgan fingerprint density at radius 2 is 1.66 bits per heavy atom. The van der Waals surface area contributed by atoms with Gasteiger partial charge in [-0.25, -0.2) is 18.9 Å². The van der Waals surface area contributed by atoms with Crippen molar-refractivity contribution >= 4 is 61.0 Å². The number of carbonyl (C=O) groups excluding carboxylic acids is 2. The summed E-state index contributed by atoms with van der Waals surface area (Å²) in [5.41, 5.74) is 1.81. The summed E-state index contributed by atoms with van der Waals surface area (Å²) in [6, 6.07) is 17.5. The molecule has 0 aromatic heterocycles. The van der Waals surface area contributed by atoms with Crippen molar-refractivity contribution in [1.29, 1.82) is 0 Å². The number of alkyl halides is 1. The first-order valence-corrected chi connectivity index (χ1v) is 13.3. The summed E-state index contributed by atoms with van der Waals surface area (Å²) >= 11 is 6.79. The van der Waals surface area contributed by atoms with Gasteiger partial charge >= 0.3 is 12.0 Å². The number of carbonyl (C=O) groups is 3. The van der Waals surface area contributed by atoms with Gasteiger partial charge in [0.2, 0.25) is 5.79 Å². The molecule has 1 aliphatic heterocycles. The number of nitrogens with zero attached hydrogens (tertiary/aromatic N) is 1. The van der Waals surface area contributed by atoms with Gasteiger partial charge in [-0.2, -0.15) is 0 Å². The predicted octanol–water partition coefficient (Wildman–Crippen LogP) is 6.46. The normalized spacial score (nSPS) is 17.1. The van der Waals surface area contributed by atoms with Gasteiger partial charge in [-0.15, -0.1) is 0 Å². The first kappa shape index (κ1) is 27.7. The molecule has 11 heteroatoms. The molecule has 1 heterocycles. The van der Waals surface area contributed by atoms with Gasteiger partial charge in [-0.05, 0) is 92.4 Å². The van der Waals surface area contributed by atoms with Crippen molar-refractivity contribution in [2.45, 2.75) is 25.1 Å². The van der Waals surface area contributed by atoms with Gasteiger partial charge in [-0.1, -0.05) is 18.2 Å². The van der Waals surface area contributed by atoms with E-state index in [9.17, 15) is 14.4 Å². The van der Waals surface area contributed by atoms with Crippen molar-refractivity contribution in [2.24, 2.45) is 0 Å². The molecule has 1 saturated heterocycles. The highest BCUT2D eigenvalue weighted by Gasteiger charge is 2.47. The fraction of sp³-hybridized carbons (Fsp3) is 0.222. The van der Waals surface area contributed by atoms with Crippen molar-refractivity contribution in [3.05, 3.63) is 86.8 Å². The number of likely N-dealkylation sites (tertiary alicyclic amines) is 1. The minimum absolute atomic E-state index is 0.0587. The zero-order chi connectivity index (χ0) is 27.3. The zero-order valence-corrected chi connectivity index (χ0v) is 23.2. The van der Waals surface area contributed by atoms with Gasteiger partial charge in [0, 0.05) is 28.3 Å². The number of anilines is 2. The molecule has 1 fully saturated rings. The number of urea groups is 1. The minimum atomic E-state index is -2.17. The smallest absolute Gasteiger partial charge is 0.335 e. The molecule has 2 amide bonds. The largest absolute Gasteiger partial charge is 0.478 e. The van der Waals surface area contributed by atoms with E-state index in [0.29, 0.717) is 40.1 Å².